The highest BCUT2D eigenvalue weighted by molar-refractivity contribution is 6.32. The minimum atomic E-state index is 0.115. The number of carbonyl (C=O) groups is 1. The fourth-order valence-corrected chi connectivity index (χ4v) is 2.88. The van der Waals surface area contributed by atoms with Gasteiger partial charge in [-0.15, -0.1) is 0 Å². The van der Waals surface area contributed by atoms with Gasteiger partial charge in [0.15, 0.2) is 5.78 Å². The van der Waals surface area contributed by atoms with Crippen molar-refractivity contribution in [2.24, 2.45) is 5.92 Å². The fourth-order valence-electron chi connectivity index (χ4n) is 2.74. The molecule has 0 saturated carbocycles. The van der Waals surface area contributed by atoms with Crippen LogP contribution in [-0.2, 0) is 4.74 Å². The minimum Gasteiger partial charge on any atom is -0.380 e. The fraction of sp³-hybridized carbons (Fsp3) is 0.643. The largest absolute Gasteiger partial charge is 0.380 e. The van der Waals surface area contributed by atoms with Crippen molar-refractivity contribution < 1.29 is 9.53 Å². The number of nitrogens with one attached hydrogen (secondary N) is 2. The molecule has 1 aromatic rings. The van der Waals surface area contributed by atoms with E-state index in [2.05, 4.69) is 10.3 Å². The van der Waals surface area contributed by atoms with E-state index >= 15 is 0 Å². The lowest BCUT2D eigenvalue weighted by molar-refractivity contribution is 0.0300. The number of rotatable bonds is 4. The third-order valence-corrected chi connectivity index (χ3v) is 4.51. The Hall–Kier alpha value is -0.840. The highest BCUT2D eigenvalue weighted by Crippen LogP contribution is 2.27. The van der Waals surface area contributed by atoms with Crippen molar-refractivity contribution in [1.82, 2.24) is 10.3 Å². The van der Waals surface area contributed by atoms with Gasteiger partial charge in [-0.1, -0.05) is 11.6 Å². The summed E-state index contributed by atoms with van der Waals surface area (Å²) in [6.45, 7) is 5.53. The smallest absolute Gasteiger partial charge is 0.179 e. The van der Waals surface area contributed by atoms with E-state index in [1.54, 1.807) is 7.11 Å². The normalized spacial score (nSPS) is 23.6. The van der Waals surface area contributed by atoms with Gasteiger partial charge in [0.2, 0.25) is 0 Å². The molecule has 1 aliphatic rings. The molecular formula is C14H21ClN2O2. The monoisotopic (exact) mass is 284 g/mol. The maximum atomic E-state index is 12.4. The number of piperidine rings is 1. The van der Waals surface area contributed by atoms with Crippen molar-refractivity contribution >= 4 is 17.4 Å². The summed E-state index contributed by atoms with van der Waals surface area (Å²) in [5.41, 5.74) is 2.36. The summed E-state index contributed by atoms with van der Waals surface area (Å²) in [5.74, 6) is 0.405. The van der Waals surface area contributed by atoms with Crippen LogP contribution >= 0.6 is 11.6 Å². The highest BCUT2D eigenvalue weighted by Gasteiger charge is 2.28. The van der Waals surface area contributed by atoms with E-state index in [0.29, 0.717) is 17.1 Å². The predicted octanol–water partition coefficient (Wildman–Crippen LogP) is 2.48. The number of aromatic nitrogens is 1. The van der Waals surface area contributed by atoms with Gasteiger partial charge in [0.1, 0.15) is 0 Å². The lowest BCUT2D eigenvalue weighted by Gasteiger charge is -2.30. The quantitative estimate of drug-likeness (QED) is 0.835. The molecule has 2 rings (SSSR count). The van der Waals surface area contributed by atoms with Gasteiger partial charge in [-0.3, -0.25) is 4.79 Å². The van der Waals surface area contributed by atoms with Crippen molar-refractivity contribution in [3.8, 4) is 0 Å². The molecule has 1 aliphatic heterocycles. The standard InChI is InChI=1S/C14H21ClN2O2/c1-8-13(15)9(2)17-14(8)11(18)6-10-4-5-16-7-12(10)19-3/h10,12,16-17H,4-7H2,1-3H3/t10-,12-/m0/s1. The average Bonchev–Trinajstić information content (AvgIpc) is 2.67. The second-order valence-electron chi connectivity index (χ2n) is 5.22. The third-order valence-electron chi connectivity index (χ3n) is 3.94. The zero-order chi connectivity index (χ0) is 14.0. The first kappa shape index (κ1) is 14.6. The molecule has 1 saturated heterocycles. The number of aromatic amines is 1. The van der Waals surface area contributed by atoms with E-state index in [9.17, 15) is 4.79 Å². The molecule has 2 N–H and O–H groups in total. The Balaban J connectivity index is 2.09. The first-order valence-electron chi connectivity index (χ1n) is 6.66. The van der Waals surface area contributed by atoms with E-state index in [1.807, 2.05) is 13.8 Å². The van der Waals surface area contributed by atoms with Gasteiger partial charge < -0.3 is 15.0 Å². The lowest BCUT2D eigenvalue weighted by Crippen LogP contribution is -2.42. The Bertz CT molecular complexity index is 470. The van der Waals surface area contributed by atoms with E-state index in [0.717, 1.165) is 30.8 Å². The summed E-state index contributed by atoms with van der Waals surface area (Å²) in [6.07, 6.45) is 1.60. The van der Waals surface area contributed by atoms with Crippen molar-refractivity contribution in [2.75, 3.05) is 20.2 Å². The summed E-state index contributed by atoms with van der Waals surface area (Å²) >= 11 is 6.12. The van der Waals surface area contributed by atoms with E-state index in [-0.39, 0.29) is 17.8 Å². The van der Waals surface area contributed by atoms with Gasteiger partial charge in [0.25, 0.3) is 0 Å². The van der Waals surface area contributed by atoms with Crippen molar-refractivity contribution in [1.29, 1.82) is 0 Å². The Morgan fingerprint density at radius 2 is 2.21 bits per heavy atom. The summed E-state index contributed by atoms with van der Waals surface area (Å²) in [7, 11) is 1.70. The molecule has 1 aromatic heterocycles. The molecule has 0 aliphatic carbocycles. The maximum Gasteiger partial charge on any atom is 0.179 e. The number of hydrogen-bond donors (Lipinski definition) is 2. The van der Waals surface area contributed by atoms with Crippen molar-refractivity contribution in [3.63, 3.8) is 0 Å². The Labute approximate surface area is 118 Å². The van der Waals surface area contributed by atoms with E-state index in [1.165, 1.54) is 0 Å². The first-order chi connectivity index (χ1) is 9.04. The number of ether oxygens (including phenoxy) is 1. The summed E-state index contributed by atoms with van der Waals surface area (Å²) in [6, 6.07) is 0. The SMILES string of the molecule is CO[C@H]1CNCC[C@H]1CC(=O)c1[nH]c(C)c(Cl)c1C. The molecule has 2 atom stereocenters. The van der Waals surface area contributed by atoms with Crippen LogP contribution in [0.25, 0.3) is 0 Å². The summed E-state index contributed by atoms with van der Waals surface area (Å²) in [5, 5.41) is 3.95. The number of Topliss-reactive ketones (excluding diaryl/α,β-unsaturated/α-hetero) is 1. The molecule has 0 radical (unpaired) electrons. The van der Waals surface area contributed by atoms with Crippen LogP contribution in [0.3, 0.4) is 0 Å². The number of methoxy groups -OCH3 is 1. The Morgan fingerprint density at radius 1 is 1.47 bits per heavy atom. The van der Waals surface area contributed by atoms with Gasteiger partial charge in [-0.25, -0.2) is 0 Å². The molecule has 2 heterocycles. The van der Waals surface area contributed by atoms with Crippen LogP contribution in [0, 0.1) is 19.8 Å². The number of halogens is 1. The molecule has 0 unspecified atom stereocenters. The average molecular weight is 285 g/mol. The van der Waals surface area contributed by atoms with Crippen LogP contribution in [0.1, 0.15) is 34.6 Å². The van der Waals surface area contributed by atoms with Gasteiger partial charge in [-0.05, 0) is 38.3 Å². The molecule has 1 fully saturated rings. The van der Waals surface area contributed by atoms with Crippen molar-refractivity contribution in [3.05, 3.63) is 22.0 Å². The third kappa shape index (κ3) is 3.02. The van der Waals surface area contributed by atoms with E-state index in [4.69, 9.17) is 16.3 Å². The van der Waals surface area contributed by atoms with Crippen LogP contribution in [0.2, 0.25) is 5.02 Å². The van der Waals surface area contributed by atoms with E-state index < -0.39 is 0 Å². The molecule has 0 bridgehead atoms. The summed E-state index contributed by atoms with van der Waals surface area (Å²) in [4.78, 5) is 15.5. The van der Waals surface area contributed by atoms with Gasteiger partial charge >= 0.3 is 0 Å². The zero-order valence-corrected chi connectivity index (χ0v) is 12.4. The molecule has 19 heavy (non-hydrogen) atoms. The van der Waals surface area contributed by atoms with Crippen LogP contribution in [0.4, 0.5) is 0 Å². The maximum absolute atomic E-state index is 12.4. The van der Waals surface area contributed by atoms with Crippen LogP contribution in [0.15, 0.2) is 0 Å². The first-order valence-corrected chi connectivity index (χ1v) is 7.03. The molecule has 0 amide bonds. The number of aryl methyl sites for hydroxylation is 1. The Kier molecular flexibility index (Phi) is 4.66. The summed E-state index contributed by atoms with van der Waals surface area (Å²) < 4.78 is 5.45. The van der Waals surface area contributed by atoms with Gasteiger partial charge in [-0.2, -0.15) is 0 Å². The molecular weight excluding hydrogens is 264 g/mol. The number of ketones is 1. The topological polar surface area (TPSA) is 54.1 Å². The van der Waals surface area contributed by atoms with Crippen LogP contribution < -0.4 is 5.32 Å². The molecule has 5 heteroatoms. The zero-order valence-electron chi connectivity index (χ0n) is 11.7. The molecule has 0 spiro atoms. The molecule has 4 nitrogen and oxygen atoms in total. The molecule has 0 aromatic carbocycles. The van der Waals surface area contributed by atoms with Gasteiger partial charge in [0.05, 0.1) is 16.8 Å². The number of carbonyl (C=O) groups excluding carboxylic acids is 1. The van der Waals surface area contributed by atoms with Crippen molar-refractivity contribution in [2.45, 2.75) is 32.8 Å². The minimum absolute atomic E-state index is 0.115. The van der Waals surface area contributed by atoms with Crippen LogP contribution in [0.5, 0.6) is 0 Å². The molecule has 106 valence electrons. The predicted molar refractivity (Wildman–Crippen MR) is 76.0 cm³/mol. The van der Waals surface area contributed by atoms with Crippen LogP contribution in [-0.4, -0.2) is 37.1 Å². The lowest BCUT2D eigenvalue weighted by atomic mass is 9.89. The second kappa shape index (κ2) is 6.07. The number of hydrogen-bond acceptors (Lipinski definition) is 3. The number of H-pyrrole nitrogens is 1. The second-order valence-corrected chi connectivity index (χ2v) is 5.60. The van der Waals surface area contributed by atoms with Gasteiger partial charge in [0, 0.05) is 25.8 Å². The highest BCUT2D eigenvalue weighted by atomic mass is 35.5. The Morgan fingerprint density at radius 3 is 2.79 bits per heavy atom.